The number of benzene rings is 9. The highest BCUT2D eigenvalue weighted by molar-refractivity contribution is 7.32. The van der Waals surface area contributed by atoms with Gasteiger partial charge in [-0.15, -0.1) is 34.0 Å². The normalized spacial score (nSPS) is 13.4. The molecule has 0 fully saturated rings. The summed E-state index contributed by atoms with van der Waals surface area (Å²) in [4.78, 5) is 5.09. The van der Waals surface area contributed by atoms with E-state index in [-0.39, 0.29) is 17.7 Å². The second kappa shape index (κ2) is 14.7. The van der Waals surface area contributed by atoms with Gasteiger partial charge in [-0.05, 0) is 124 Å². The van der Waals surface area contributed by atoms with Crippen molar-refractivity contribution < 1.29 is 0 Å². The Labute approximate surface area is 425 Å². The van der Waals surface area contributed by atoms with E-state index in [9.17, 15) is 0 Å². The van der Waals surface area contributed by atoms with E-state index < -0.39 is 0 Å². The van der Waals surface area contributed by atoms with Crippen molar-refractivity contribution in [1.29, 1.82) is 0 Å². The van der Waals surface area contributed by atoms with E-state index in [4.69, 9.17) is 0 Å². The minimum absolute atomic E-state index is 0.000959. The molecule has 0 unspecified atom stereocenters. The summed E-state index contributed by atoms with van der Waals surface area (Å²) in [6.07, 6.45) is 0. The zero-order chi connectivity index (χ0) is 47.7. The first-order chi connectivity index (χ1) is 34.5. The molecule has 0 saturated carbocycles. The zero-order valence-corrected chi connectivity index (χ0v) is 42.9. The molecule has 3 nitrogen and oxygen atoms in total. The van der Waals surface area contributed by atoms with Crippen LogP contribution in [0.5, 0.6) is 0 Å². The van der Waals surface area contributed by atoms with Crippen molar-refractivity contribution in [3.8, 4) is 16.8 Å². The van der Waals surface area contributed by atoms with Crippen molar-refractivity contribution >= 4 is 152 Å². The van der Waals surface area contributed by atoms with Crippen LogP contribution in [-0.2, 0) is 10.8 Å². The molecule has 0 amide bonds. The molecule has 0 aliphatic carbocycles. The van der Waals surface area contributed by atoms with E-state index in [0.717, 1.165) is 17.1 Å². The third-order valence-electron chi connectivity index (χ3n) is 15.4. The van der Waals surface area contributed by atoms with Gasteiger partial charge in [0.1, 0.15) is 0 Å². The van der Waals surface area contributed by atoms with Crippen molar-refractivity contribution in [2.24, 2.45) is 0 Å². The molecular formula is C64H48BN3S3. The Hall–Kier alpha value is -7.16. The second-order valence-corrected chi connectivity index (χ2v) is 25.0. The fourth-order valence-corrected chi connectivity index (χ4v) is 15.5. The van der Waals surface area contributed by atoms with Crippen molar-refractivity contribution in [2.45, 2.75) is 52.4 Å². The van der Waals surface area contributed by atoms with Gasteiger partial charge in [-0.2, -0.15) is 0 Å². The van der Waals surface area contributed by atoms with Gasteiger partial charge in [-0.3, -0.25) is 0 Å². The van der Waals surface area contributed by atoms with Crippen molar-refractivity contribution in [1.82, 2.24) is 4.57 Å². The highest BCUT2D eigenvalue weighted by Crippen LogP contribution is 2.52. The first-order valence-electron chi connectivity index (χ1n) is 24.8. The highest BCUT2D eigenvalue weighted by Gasteiger charge is 2.46. The van der Waals surface area contributed by atoms with Gasteiger partial charge in [-0.1, -0.05) is 133 Å². The van der Waals surface area contributed by atoms with E-state index in [1.165, 1.54) is 122 Å². The van der Waals surface area contributed by atoms with E-state index in [1.54, 1.807) is 0 Å². The van der Waals surface area contributed by atoms with E-state index in [1.807, 2.05) is 34.0 Å². The Bertz CT molecular complexity index is 4330. The van der Waals surface area contributed by atoms with Gasteiger partial charge in [0.15, 0.2) is 0 Å². The summed E-state index contributed by atoms with van der Waals surface area (Å²) >= 11 is 5.81. The maximum Gasteiger partial charge on any atom is 0.343 e. The number of aromatic nitrogens is 1. The molecule has 9 aromatic carbocycles. The SMILES string of the molecule is CC(C)(C)c1ccc(N2B3c4sc5ccc(C(C)(C)C)cc5c4-n4c5cc6c(cc5c5ccc(c3c54)-c3cc4c(cc32)sc2cc(N(c3ccccc3)c3ccccc3)ccc24)sc2ccccc26)cc1. The maximum atomic E-state index is 2.72. The number of anilines is 5. The predicted molar refractivity (Wildman–Crippen MR) is 313 cm³/mol. The summed E-state index contributed by atoms with van der Waals surface area (Å²) in [6, 6.07) is 69.3. The van der Waals surface area contributed by atoms with Crippen LogP contribution in [0, 0.1) is 0 Å². The lowest BCUT2D eigenvalue weighted by Crippen LogP contribution is -2.59. The fraction of sp³-hybridized carbons (Fsp3) is 0.125. The maximum absolute atomic E-state index is 2.72. The van der Waals surface area contributed by atoms with E-state index in [2.05, 4.69) is 238 Å². The van der Waals surface area contributed by atoms with Gasteiger partial charge in [0.05, 0.1) is 16.7 Å². The molecule has 0 saturated heterocycles. The van der Waals surface area contributed by atoms with Crippen LogP contribution in [0.25, 0.3) is 89.1 Å². The second-order valence-electron chi connectivity index (χ2n) is 21.7. The number of fused-ring (bicyclic) bond motifs is 16. The average molecular weight is 966 g/mol. The molecule has 340 valence electrons. The molecule has 7 heteroatoms. The molecule has 0 radical (unpaired) electrons. The molecule has 0 spiro atoms. The fourth-order valence-electron chi connectivity index (χ4n) is 12.0. The lowest BCUT2D eigenvalue weighted by molar-refractivity contribution is 0.590. The Morgan fingerprint density at radius 1 is 0.423 bits per heavy atom. The topological polar surface area (TPSA) is 11.4 Å². The van der Waals surface area contributed by atoms with Gasteiger partial charge in [-0.25, -0.2) is 0 Å². The molecule has 13 aromatic rings. The van der Waals surface area contributed by atoms with Crippen molar-refractivity contribution in [2.75, 3.05) is 9.71 Å². The summed E-state index contributed by atoms with van der Waals surface area (Å²) in [5, 5.41) is 9.24. The number of nitrogens with zero attached hydrogens (tertiary/aromatic N) is 3. The highest BCUT2D eigenvalue weighted by atomic mass is 32.1. The van der Waals surface area contributed by atoms with Crippen LogP contribution in [0.3, 0.4) is 0 Å². The lowest BCUT2D eigenvalue weighted by atomic mass is 9.47. The van der Waals surface area contributed by atoms with Crippen LogP contribution in [0.15, 0.2) is 182 Å². The first kappa shape index (κ1) is 41.6. The number of rotatable bonds is 4. The molecule has 2 aliphatic rings. The van der Waals surface area contributed by atoms with Crippen LogP contribution in [0.4, 0.5) is 28.4 Å². The largest absolute Gasteiger partial charge is 0.376 e. The minimum atomic E-state index is -0.0466. The van der Waals surface area contributed by atoms with E-state index >= 15 is 0 Å². The summed E-state index contributed by atoms with van der Waals surface area (Å²) < 4.78 is 10.7. The summed E-state index contributed by atoms with van der Waals surface area (Å²) in [7, 11) is 0. The van der Waals surface area contributed by atoms with Gasteiger partial charge < -0.3 is 14.3 Å². The zero-order valence-electron chi connectivity index (χ0n) is 40.5. The Balaban J connectivity index is 1.04. The Morgan fingerprint density at radius 3 is 1.79 bits per heavy atom. The molecule has 0 N–H and O–H groups in total. The lowest BCUT2D eigenvalue weighted by Gasteiger charge is -2.41. The van der Waals surface area contributed by atoms with Gasteiger partial charge >= 0.3 is 6.85 Å². The molecule has 0 bridgehead atoms. The summed E-state index contributed by atoms with van der Waals surface area (Å²) in [6.45, 7) is 13.9. The van der Waals surface area contributed by atoms with Gasteiger partial charge in [0, 0.05) is 100.0 Å². The number of hydrogen-bond acceptors (Lipinski definition) is 5. The molecule has 71 heavy (non-hydrogen) atoms. The molecule has 6 heterocycles. The summed E-state index contributed by atoms with van der Waals surface area (Å²) in [5.41, 5.74) is 16.6. The minimum Gasteiger partial charge on any atom is -0.376 e. The van der Waals surface area contributed by atoms with Crippen LogP contribution in [-0.4, -0.2) is 11.4 Å². The monoisotopic (exact) mass is 965 g/mol. The number of hydrogen-bond donors (Lipinski definition) is 0. The van der Waals surface area contributed by atoms with Crippen LogP contribution >= 0.6 is 34.0 Å². The molecule has 4 aromatic heterocycles. The molecule has 2 aliphatic heterocycles. The molecule has 15 rings (SSSR count). The Kier molecular flexibility index (Phi) is 8.62. The number of para-hydroxylation sites is 2. The van der Waals surface area contributed by atoms with Gasteiger partial charge in [0.2, 0.25) is 0 Å². The molecule has 0 atom stereocenters. The van der Waals surface area contributed by atoms with Gasteiger partial charge in [0.25, 0.3) is 0 Å². The smallest absolute Gasteiger partial charge is 0.343 e. The van der Waals surface area contributed by atoms with Crippen LogP contribution in [0.1, 0.15) is 52.7 Å². The first-order valence-corrected chi connectivity index (χ1v) is 27.2. The Morgan fingerprint density at radius 2 is 1.04 bits per heavy atom. The summed E-state index contributed by atoms with van der Waals surface area (Å²) in [5.74, 6) is 0. The third-order valence-corrected chi connectivity index (χ3v) is 18.9. The predicted octanol–water partition coefficient (Wildman–Crippen LogP) is 18.0. The average Bonchev–Trinajstić information content (AvgIpc) is 4.14. The van der Waals surface area contributed by atoms with Crippen LogP contribution in [0.2, 0.25) is 0 Å². The molecular weight excluding hydrogens is 918 g/mol. The number of thiophene rings is 3. The van der Waals surface area contributed by atoms with Crippen molar-refractivity contribution in [3.63, 3.8) is 0 Å². The standard InChI is InChI=1S/C64H48BN3S3/c1-63(2,3)37-21-24-41(25-22-37)68-53-36-58-49(44-27-26-42(32-56(44)70-58)66(39-15-9-7-10-16-39)40-17-11-8-12-18-40)33-47(53)45-28-29-46-48-35-57-50(43-19-13-14-20-54(43)69-57)34-52(48)67-60(46)59(45)65(68)62-61(67)51-31-38(64(4,5)6)23-30-55(51)71-62/h7-36H,1-6H3. The third kappa shape index (κ3) is 6.00. The van der Waals surface area contributed by atoms with Crippen molar-refractivity contribution in [3.05, 3.63) is 193 Å². The van der Waals surface area contributed by atoms with Crippen LogP contribution < -0.4 is 20.0 Å². The quantitative estimate of drug-likeness (QED) is 0.163. The van der Waals surface area contributed by atoms with E-state index in [0.29, 0.717) is 0 Å².